The maximum atomic E-state index is 13.2. The van der Waals surface area contributed by atoms with E-state index in [-0.39, 0.29) is 42.0 Å². The van der Waals surface area contributed by atoms with Crippen LogP contribution < -0.4 is 16.6 Å². The molecule has 2 aliphatic rings. The van der Waals surface area contributed by atoms with Crippen molar-refractivity contribution in [2.75, 3.05) is 13.1 Å². The lowest BCUT2D eigenvalue weighted by molar-refractivity contribution is 0.0535. The van der Waals surface area contributed by atoms with E-state index in [2.05, 4.69) is 10.2 Å². The third-order valence-corrected chi connectivity index (χ3v) is 6.74. The van der Waals surface area contributed by atoms with Crippen LogP contribution in [0.1, 0.15) is 55.9 Å². The summed E-state index contributed by atoms with van der Waals surface area (Å²) in [5.41, 5.74) is 5.51. The first kappa shape index (κ1) is 21.8. The highest BCUT2D eigenvalue weighted by atomic mass is 16.3. The monoisotopic (exact) mass is 428 g/mol. The fraction of sp³-hybridized carbons (Fsp3) is 0.565. The van der Waals surface area contributed by atoms with E-state index in [1.807, 2.05) is 19.9 Å². The number of aromatic nitrogens is 1. The smallest absolute Gasteiger partial charge is 0.267 e. The molecular weight excluding hydrogens is 396 g/mol. The van der Waals surface area contributed by atoms with Crippen LogP contribution in [0.4, 0.5) is 0 Å². The number of para-hydroxylation sites is 1. The van der Waals surface area contributed by atoms with Gasteiger partial charge < -0.3 is 25.8 Å². The molecule has 0 radical (unpaired) electrons. The molecule has 2 bridgehead atoms. The van der Waals surface area contributed by atoms with Crippen LogP contribution in [0.25, 0.3) is 10.9 Å². The first-order chi connectivity index (χ1) is 14.8. The molecule has 4 atom stereocenters. The van der Waals surface area contributed by atoms with Gasteiger partial charge >= 0.3 is 0 Å². The molecule has 5 N–H and O–H groups in total. The Morgan fingerprint density at radius 3 is 2.48 bits per heavy atom. The van der Waals surface area contributed by atoms with E-state index in [1.165, 1.54) is 0 Å². The summed E-state index contributed by atoms with van der Waals surface area (Å²) in [5, 5.41) is 24.3. The van der Waals surface area contributed by atoms with Crippen LogP contribution in [0.2, 0.25) is 0 Å². The fourth-order valence-corrected chi connectivity index (χ4v) is 5.33. The third-order valence-electron chi connectivity index (χ3n) is 6.74. The summed E-state index contributed by atoms with van der Waals surface area (Å²) in [6.07, 6.45) is 3.02. The van der Waals surface area contributed by atoms with E-state index in [9.17, 15) is 19.8 Å². The minimum absolute atomic E-state index is 0.0750. The molecule has 0 aliphatic carbocycles. The molecule has 1 amide bonds. The van der Waals surface area contributed by atoms with Crippen molar-refractivity contribution in [2.24, 2.45) is 5.73 Å². The van der Waals surface area contributed by atoms with Gasteiger partial charge in [0.1, 0.15) is 11.3 Å². The summed E-state index contributed by atoms with van der Waals surface area (Å²) in [4.78, 5) is 28.6. The predicted octanol–water partition coefficient (Wildman–Crippen LogP) is 1.33. The van der Waals surface area contributed by atoms with Gasteiger partial charge in [0.05, 0.1) is 11.6 Å². The van der Waals surface area contributed by atoms with Crippen molar-refractivity contribution in [1.29, 1.82) is 0 Å². The Balaban J connectivity index is 1.58. The number of piperidine rings is 1. The van der Waals surface area contributed by atoms with Gasteiger partial charge in [-0.1, -0.05) is 12.1 Å². The number of amides is 1. The van der Waals surface area contributed by atoms with E-state index in [0.29, 0.717) is 17.4 Å². The summed E-state index contributed by atoms with van der Waals surface area (Å²) in [6.45, 7) is 4.56. The number of nitrogens with two attached hydrogens (primary N) is 1. The number of benzene rings is 1. The maximum Gasteiger partial charge on any atom is 0.267 e. The summed E-state index contributed by atoms with van der Waals surface area (Å²) in [5.74, 6) is -0.788. The highest BCUT2D eigenvalue weighted by Gasteiger charge is 2.41. The van der Waals surface area contributed by atoms with Crippen molar-refractivity contribution in [3.63, 3.8) is 0 Å². The second-order valence-electron chi connectivity index (χ2n) is 9.12. The van der Waals surface area contributed by atoms with Crippen LogP contribution in [-0.2, 0) is 0 Å². The van der Waals surface area contributed by atoms with E-state index in [0.717, 1.165) is 25.7 Å². The van der Waals surface area contributed by atoms with Crippen LogP contribution >= 0.6 is 0 Å². The zero-order valence-electron chi connectivity index (χ0n) is 18.1. The van der Waals surface area contributed by atoms with Gasteiger partial charge in [0.25, 0.3) is 11.5 Å². The molecule has 2 fully saturated rings. The molecule has 31 heavy (non-hydrogen) atoms. The molecule has 2 aliphatic heterocycles. The molecule has 2 aromatic rings. The van der Waals surface area contributed by atoms with Gasteiger partial charge in [0.2, 0.25) is 0 Å². The van der Waals surface area contributed by atoms with E-state index in [1.54, 1.807) is 22.8 Å². The molecule has 1 aromatic carbocycles. The minimum atomic E-state index is -0.543. The lowest BCUT2D eigenvalue weighted by Crippen LogP contribution is -2.53. The molecule has 0 spiro atoms. The number of aliphatic hydroxyl groups excluding tert-OH is 1. The number of aromatic hydroxyl groups is 1. The number of aliphatic hydroxyl groups is 1. The van der Waals surface area contributed by atoms with Crippen molar-refractivity contribution >= 4 is 16.8 Å². The number of hydrogen-bond acceptors (Lipinski definition) is 6. The standard InChI is InChI=1S/C23H32N4O4/c1-13(2)27-19-6-4-3-5-18(19)21(29)20(23(27)31)22(30)25-14-9-15-7-8-16(10-14)26(15)12-17(28)11-24/h3-6,13-17,28-29H,7-12,24H2,1-2H3,(H,25,30)/t14?,15-,16+,17?. The first-order valence-corrected chi connectivity index (χ1v) is 11.1. The van der Waals surface area contributed by atoms with E-state index >= 15 is 0 Å². The average molecular weight is 429 g/mol. The van der Waals surface area contributed by atoms with Gasteiger partial charge in [-0.3, -0.25) is 14.5 Å². The van der Waals surface area contributed by atoms with Crippen LogP contribution in [0.3, 0.4) is 0 Å². The topological polar surface area (TPSA) is 121 Å². The molecule has 2 saturated heterocycles. The predicted molar refractivity (Wildman–Crippen MR) is 119 cm³/mol. The van der Waals surface area contributed by atoms with Crippen LogP contribution in [0.5, 0.6) is 5.75 Å². The van der Waals surface area contributed by atoms with Crippen molar-refractivity contribution in [2.45, 2.75) is 69.8 Å². The van der Waals surface area contributed by atoms with Crippen molar-refractivity contribution < 1.29 is 15.0 Å². The maximum absolute atomic E-state index is 13.2. The van der Waals surface area contributed by atoms with Gasteiger partial charge in [-0.2, -0.15) is 0 Å². The molecule has 2 unspecified atom stereocenters. The number of pyridine rings is 1. The Bertz CT molecular complexity index is 1020. The third kappa shape index (κ3) is 3.95. The fourth-order valence-electron chi connectivity index (χ4n) is 5.33. The Morgan fingerprint density at radius 2 is 1.87 bits per heavy atom. The normalized spacial score (nSPS) is 24.6. The van der Waals surface area contributed by atoms with Gasteiger partial charge in [0, 0.05) is 42.6 Å². The number of nitrogens with one attached hydrogen (secondary N) is 1. The zero-order valence-corrected chi connectivity index (χ0v) is 18.1. The largest absolute Gasteiger partial charge is 0.506 e. The van der Waals surface area contributed by atoms with Crippen molar-refractivity contribution in [3.05, 3.63) is 40.2 Å². The number of fused-ring (bicyclic) bond motifs is 3. The summed E-state index contributed by atoms with van der Waals surface area (Å²) >= 11 is 0. The number of rotatable bonds is 6. The Morgan fingerprint density at radius 1 is 1.23 bits per heavy atom. The van der Waals surface area contributed by atoms with Gasteiger partial charge in [0.15, 0.2) is 0 Å². The number of carbonyl (C=O) groups excluding carboxylic acids is 1. The Kier molecular flexibility index (Phi) is 6.05. The SMILES string of the molecule is CC(C)n1c(=O)c(C(=O)NC2C[C@H]3CC[C@@H](C2)N3CC(O)CN)c(O)c2ccccc21. The Labute approximate surface area is 181 Å². The number of hydrogen-bond donors (Lipinski definition) is 4. The van der Waals surface area contributed by atoms with Crippen LogP contribution in [0.15, 0.2) is 29.1 Å². The summed E-state index contributed by atoms with van der Waals surface area (Å²) in [6, 6.07) is 7.42. The first-order valence-electron chi connectivity index (χ1n) is 11.1. The lowest BCUT2D eigenvalue weighted by Gasteiger charge is -2.40. The second-order valence-corrected chi connectivity index (χ2v) is 9.12. The van der Waals surface area contributed by atoms with Gasteiger partial charge in [-0.05, 0) is 51.7 Å². The van der Waals surface area contributed by atoms with Gasteiger partial charge in [-0.15, -0.1) is 0 Å². The quantitative estimate of drug-likeness (QED) is 0.551. The van der Waals surface area contributed by atoms with E-state index in [4.69, 9.17) is 5.73 Å². The van der Waals surface area contributed by atoms with Crippen molar-refractivity contribution in [1.82, 2.24) is 14.8 Å². The molecule has 4 rings (SSSR count). The van der Waals surface area contributed by atoms with E-state index < -0.39 is 17.6 Å². The van der Waals surface area contributed by atoms with Crippen LogP contribution in [-0.4, -0.2) is 62.9 Å². The highest BCUT2D eigenvalue weighted by Crippen LogP contribution is 2.36. The number of nitrogens with zero attached hydrogens (tertiary/aromatic N) is 2. The van der Waals surface area contributed by atoms with Crippen molar-refractivity contribution in [3.8, 4) is 5.75 Å². The average Bonchev–Trinajstić information content (AvgIpc) is 2.95. The number of carbonyl (C=O) groups is 1. The zero-order chi connectivity index (χ0) is 22.3. The molecule has 3 heterocycles. The van der Waals surface area contributed by atoms with Gasteiger partial charge in [-0.25, -0.2) is 0 Å². The lowest BCUT2D eigenvalue weighted by atomic mass is 9.96. The Hall–Kier alpha value is -2.42. The molecular formula is C23H32N4O4. The molecule has 1 aromatic heterocycles. The summed E-state index contributed by atoms with van der Waals surface area (Å²) < 4.78 is 1.56. The molecule has 0 saturated carbocycles. The molecule has 8 heteroatoms. The highest BCUT2D eigenvalue weighted by molar-refractivity contribution is 6.02. The summed E-state index contributed by atoms with van der Waals surface area (Å²) in [7, 11) is 0. The molecule has 168 valence electrons. The van der Waals surface area contributed by atoms with Crippen LogP contribution in [0, 0.1) is 0 Å². The molecule has 8 nitrogen and oxygen atoms in total. The minimum Gasteiger partial charge on any atom is -0.506 e. The second kappa shape index (κ2) is 8.61.